The van der Waals surface area contributed by atoms with Crippen molar-refractivity contribution in [2.75, 3.05) is 0 Å². The molecule has 0 unspecified atom stereocenters. The highest BCUT2D eigenvalue weighted by atomic mass is 32.1. The van der Waals surface area contributed by atoms with Crippen LogP contribution in [0.1, 0.15) is 10.4 Å². The molecule has 0 bridgehead atoms. The van der Waals surface area contributed by atoms with Gasteiger partial charge in [-0.25, -0.2) is 39.9 Å². The first-order valence-corrected chi connectivity index (χ1v) is 6.11. The van der Waals surface area contributed by atoms with Crippen LogP contribution in [0.3, 0.4) is 0 Å². The van der Waals surface area contributed by atoms with E-state index in [9.17, 15) is 39.9 Å². The zero-order chi connectivity index (χ0) is 18.5. The number of hydrogen-bond acceptors (Lipinski definition) is 2. The predicted octanol–water partition coefficient (Wildman–Crippen LogP) is 4.45. The summed E-state index contributed by atoms with van der Waals surface area (Å²) in [6, 6.07) is 0. The van der Waals surface area contributed by atoms with Crippen molar-refractivity contribution in [1.82, 2.24) is 0 Å². The number of carbonyl (C=O) groups is 1. The molecule has 0 radical (unpaired) electrons. The van der Waals surface area contributed by atoms with Crippen LogP contribution < -0.4 is 0 Å². The Balaban J connectivity index is 3.04. The second kappa shape index (κ2) is 5.96. The molecule has 0 saturated carbocycles. The summed E-state index contributed by atoms with van der Waals surface area (Å²) in [6.45, 7) is 0. The second-order valence-electron chi connectivity index (χ2n) is 4.29. The van der Waals surface area contributed by atoms with Crippen LogP contribution in [0.15, 0.2) is 4.90 Å². The Hall–Kier alpha value is -2.30. The first kappa shape index (κ1) is 18.0. The Morgan fingerprint density at radius 3 is 1.21 bits per heavy atom. The van der Waals surface area contributed by atoms with Crippen molar-refractivity contribution in [3.05, 3.63) is 52.1 Å². The molecule has 11 heteroatoms. The number of aromatic carboxylic acids is 1. The van der Waals surface area contributed by atoms with Gasteiger partial charge in [0, 0.05) is 0 Å². The van der Waals surface area contributed by atoms with Crippen molar-refractivity contribution >= 4 is 18.6 Å². The monoisotopic (exact) mass is 374 g/mol. The number of benzene rings is 2. The summed E-state index contributed by atoms with van der Waals surface area (Å²) in [6.07, 6.45) is 0. The summed E-state index contributed by atoms with van der Waals surface area (Å²) in [5, 5.41) is 8.50. The summed E-state index contributed by atoms with van der Waals surface area (Å²) >= 11 is 3.10. The van der Waals surface area contributed by atoms with Crippen LogP contribution in [0.2, 0.25) is 0 Å². The van der Waals surface area contributed by atoms with Crippen molar-refractivity contribution in [3.63, 3.8) is 0 Å². The van der Waals surface area contributed by atoms with Gasteiger partial charge in [0.1, 0.15) is 5.56 Å². The molecule has 0 fully saturated rings. The van der Waals surface area contributed by atoms with E-state index >= 15 is 0 Å². The standard InChI is InChI=1S/C13H2F8O2S/c14-4-1(5(15)9(19)3(8(4)18)13(22)23)2-6(16)10(20)12(24)11(21)7(2)17/h24H,(H,22,23). The molecular formula is C13H2F8O2S. The van der Waals surface area contributed by atoms with Crippen molar-refractivity contribution in [1.29, 1.82) is 0 Å². The van der Waals surface area contributed by atoms with Gasteiger partial charge in [0.25, 0.3) is 0 Å². The lowest BCUT2D eigenvalue weighted by Gasteiger charge is -2.13. The predicted molar refractivity (Wildman–Crippen MR) is 65.8 cm³/mol. The molecule has 0 aromatic heterocycles. The van der Waals surface area contributed by atoms with E-state index in [1.807, 2.05) is 0 Å². The average Bonchev–Trinajstić information content (AvgIpc) is 2.52. The molecule has 1 N–H and O–H groups in total. The van der Waals surface area contributed by atoms with E-state index in [1.54, 1.807) is 0 Å². The third-order valence-electron chi connectivity index (χ3n) is 2.97. The zero-order valence-corrected chi connectivity index (χ0v) is 11.7. The summed E-state index contributed by atoms with van der Waals surface area (Å²) in [5.41, 5.74) is -6.31. The zero-order valence-electron chi connectivity index (χ0n) is 10.8. The van der Waals surface area contributed by atoms with Crippen LogP contribution in [0.4, 0.5) is 35.1 Å². The SMILES string of the molecule is O=C(O)c1c(F)c(F)c(-c2c(F)c(F)c(S)c(F)c2F)c(F)c1F. The van der Waals surface area contributed by atoms with Gasteiger partial charge in [-0.15, -0.1) is 12.6 Å². The van der Waals surface area contributed by atoms with E-state index in [1.165, 1.54) is 0 Å². The second-order valence-corrected chi connectivity index (χ2v) is 4.74. The molecule has 0 aliphatic heterocycles. The van der Waals surface area contributed by atoms with Crippen molar-refractivity contribution in [2.45, 2.75) is 4.90 Å². The Morgan fingerprint density at radius 1 is 0.625 bits per heavy atom. The molecule has 0 saturated heterocycles. The third-order valence-corrected chi connectivity index (χ3v) is 3.36. The molecule has 0 amide bonds. The van der Waals surface area contributed by atoms with Gasteiger partial charge < -0.3 is 5.11 Å². The van der Waals surface area contributed by atoms with Crippen LogP contribution >= 0.6 is 12.6 Å². The van der Waals surface area contributed by atoms with E-state index in [2.05, 4.69) is 12.6 Å². The van der Waals surface area contributed by atoms with E-state index < -0.39 is 74.1 Å². The minimum Gasteiger partial charge on any atom is -0.477 e. The molecule has 0 heterocycles. The Labute approximate surface area is 132 Å². The summed E-state index contributed by atoms with van der Waals surface area (Å²) in [5.74, 6) is -21.6. The van der Waals surface area contributed by atoms with Gasteiger partial charge >= 0.3 is 5.97 Å². The van der Waals surface area contributed by atoms with Gasteiger partial charge in [0.2, 0.25) is 0 Å². The third kappa shape index (κ3) is 2.39. The normalized spacial score (nSPS) is 11.0. The van der Waals surface area contributed by atoms with Crippen LogP contribution in [0.25, 0.3) is 11.1 Å². The van der Waals surface area contributed by atoms with Gasteiger partial charge in [0.05, 0.1) is 16.0 Å². The van der Waals surface area contributed by atoms with Gasteiger partial charge in [-0.3, -0.25) is 0 Å². The van der Waals surface area contributed by atoms with Gasteiger partial charge in [-0.05, 0) is 0 Å². The highest BCUT2D eigenvalue weighted by molar-refractivity contribution is 7.80. The molecule has 2 aromatic rings. The lowest BCUT2D eigenvalue weighted by Crippen LogP contribution is -2.13. The molecule has 0 atom stereocenters. The maximum atomic E-state index is 13.8. The maximum Gasteiger partial charge on any atom is 0.341 e. The first-order chi connectivity index (χ1) is 11.0. The molecule has 24 heavy (non-hydrogen) atoms. The van der Waals surface area contributed by atoms with Crippen LogP contribution in [-0.4, -0.2) is 11.1 Å². The lowest BCUT2D eigenvalue weighted by atomic mass is 9.99. The summed E-state index contributed by atoms with van der Waals surface area (Å²) in [4.78, 5) is 9.12. The van der Waals surface area contributed by atoms with Crippen molar-refractivity contribution in [3.8, 4) is 11.1 Å². The molecule has 2 nitrogen and oxygen atoms in total. The highest BCUT2D eigenvalue weighted by Gasteiger charge is 2.35. The average molecular weight is 374 g/mol. The number of halogens is 8. The van der Waals surface area contributed by atoms with E-state index in [0.29, 0.717) is 0 Å². The smallest absolute Gasteiger partial charge is 0.341 e. The Kier molecular flexibility index (Phi) is 4.48. The fourth-order valence-electron chi connectivity index (χ4n) is 1.88. The van der Waals surface area contributed by atoms with Crippen LogP contribution in [0, 0.1) is 46.5 Å². The Bertz CT molecular complexity index is 839. The number of carboxylic acid groups (broad SMARTS) is 1. The topological polar surface area (TPSA) is 37.3 Å². The minimum atomic E-state index is -2.55. The lowest BCUT2D eigenvalue weighted by molar-refractivity contribution is 0.0683. The number of carboxylic acids is 1. The van der Waals surface area contributed by atoms with Crippen LogP contribution in [0.5, 0.6) is 0 Å². The quantitative estimate of drug-likeness (QED) is 0.463. The largest absolute Gasteiger partial charge is 0.477 e. The van der Waals surface area contributed by atoms with E-state index in [-0.39, 0.29) is 0 Å². The Morgan fingerprint density at radius 2 is 0.917 bits per heavy atom. The van der Waals surface area contributed by atoms with Gasteiger partial charge in [-0.1, -0.05) is 0 Å². The van der Waals surface area contributed by atoms with Crippen molar-refractivity contribution < 1.29 is 45.0 Å². The molecule has 2 aromatic carbocycles. The van der Waals surface area contributed by atoms with Crippen molar-refractivity contribution in [2.24, 2.45) is 0 Å². The summed E-state index contributed by atoms with van der Waals surface area (Å²) < 4.78 is 109. The van der Waals surface area contributed by atoms with E-state index in [0.717, 1.165) is 0 Å². The molecule has 0 aliphatic carbocycles. The number of rotatable bonds is 2. The fourth-order valence-corrected chi connectivity index (χ4v) is 2.07. The molecule has 0 aliphatic rings. The number of hydrogen-bond donors (Lipinski definition) is 2. The molecule has 128 valence electrons. The van der Waals surface area contributed by atoms with Gasteiger partial charge in [0.15, 0.2) is 46.5 Å². The summed E-state index contributed by atoms with van der Waals surface area (Å²) in [7, 11) is 0. The molecule has 2 rings (SSSR count). The van der Waals surface area contributed by atoms with Gasteiger partial charge in [-0.2, -0.15) is 0 Å². The molecule has 0 spiro atoms. The first-order valence-electron chi connectivity index (χ1n) is 5.66. The van der Waals surface area contributed by atoms with Crippen LogP contribution in [-0.2, 0) is 0 Å². The molecular weight excluding hydrogens is 372 g/mol. The fraction of sp³-hybridized carbons (Fsp3) is 0. The maximum absolute atomic E-state index is 13.8. The van der Waals surface area contributed by atoms with E-state index in [4.69, 9.17) is 5.11 Å². The minimum absolute atomic E-state index is 1.47. The number of thiol groups is 1. The highest BCUT2D eigenvalue weighted by Crippen LogP contribution is 2.38.